The van der Waals surface area contributed by atoms with Gasteiger partial charge < -0.3 is 5.73 Å². The fourth-order valence-electron chi connectivity index (χ4n) is 4.76. The van der Waals surface area contributed by atoms with E-state index in [1.807, 2.05) is 72.8 Å². The van der Waals surface area contributed by atoms with Crippen molar-refractivity contribution in [2.24, 2.45) is 0 Å². The lowest BCUT2D eigenvalue weighted by Crippen LogP contribution is -2.11. The molecule has 0 unspecified atom stereocenters. The minimum atomic E-state index is -0.0421. The second-order valence-corrected chi connectivity index (χ2v) is 10.4. The Bertz CT molecular complexity index is 1720. The van der Waals surface area contributed by atoms with Gasteiger partial charge in [0.25, 0.3) is 0 Å². The molecule has 2 heterocycles. The maximum Gasteiger partial charge on any atom is 0.232 e. The molecule has 0 spiro atoms. The molecule has 5 aromatic rings. The van der Waals surface area contributed by atoms with Crippen molar-refractivity contribution in [1.29, 1.82) is 10.5 Å². The summed E-state index contributed by atoms with van der Waals surface area (Å²) in [4.78, 5) is 17.8. The maximum atomic E-state index is 13.4. The van der Waals surface area contributed by atoms with Crippen LogP contribution >= 0.6 is 11.8 Å². The molecule has 5 rings (SSSR count). The van der Waals surface area contributed by atoms with E-state index in [2.05, 4.69) is 31.0 Å². The van der Waals surface area contributed by atoms with Crippen molar-refractivity contribution in [3.8, 4) is 23.3 Å². The zero-order valence-electron chi connectivity index (χ0n) is 21.1. The normalized spacial score (nSPS) is 11.1. The smallest absolute Gasteiger partial charge is 0.232 e. The number of nitrogens with two attached hydrogens (primary N) is 1. The molecule has 0 saturated heterocycles. The van der Waals surface area contributed by atoms with Crippen LogP contribution in [0.5, 0.6) is 0 Å². The van der Waals surface area contributed by atoms with Crippen LogP contribution < -0.4 is 5.73 Å². The summed E-state index contributed by atoms with van der Waals surface area (Å²) in [6, 6.07) is 27.9. The summed E-state index contributed by atoms with van der Waals surface area (Å²) in [5, 5.41) is 22.4. The van der Waals surface area contributed by atoms with Crippen molar-refractivity contribution in [3.63, 3.8) is 0 Å². The fraction of sp³-hybridized carbons (Fsp3) is 0.161. The van der Waals surface area contributed by atoms with E-state index in [0.29, 0.717) is 27.8 Å². The van der Waals surface area contributed by atoms with Crippen LogP contribution in [0.25, 0.3) is 32.9 Å². The van der Waals surface area contributed by atoms with E-state index >= 15 is 0 Å². The predicted octanol–water partition coefficient (Wildman–Crippen LogP) is 7.13. The third-order valence-electron chi connectivity index (χ3n) is 6.67. The Hall–Kier alpha value is -4.59. The number of aromatic nitrogens is 2. The molecule has 6 nitrogen and oxygen atoms in total. The van der Waals surface area contributed by atoms with E-state index in [1.54, 1.807) is 4.57 Å². The first kappa shape index (κ1) is 25.1. The van der Waals surface area contributed by atoms with Gasteiger partial charge in [0.15, 0.2) is 0 Å². The highest BCUT2D eigenvalue weighted by Crippen LogP contribution is 2.36. The molecule has 0 saturated carbocycles. The third kappa shape index (κ3) is 4.38. The van der Waals surface area contributed by atoms with Crippen molar-refractivity contribution in [1.82, 2.24) is 9.55 Å². The van der Waals surface area contributed by atoms with Crippen molar-refractivity contribution in [2.75, 3.05) is 11.5 Å². The summed E-state index contributed by atoms with van der Waals surface area (Å²) in [6.07, 6.45) is 0.234. The fourth-order valence-corrected chi connectivity index (χ4v) is 5.69. The molecule has 0 amide bonds. The van der Waals surface area contributed by atoms with E-state index in [0.717, 1.165) is 32.9 Å². The zero-order valence-corrected chi connectivity index (χ0v) is 21.9. The highest BCUT2D eigenvalue weighted by molar-refractivity contribution is 7.99. The van der Waals surface area contributed by atoms with Gasteiger partial charge in [-0.1, -0.05) is 74.5 Å². The summed E-state index contributed by atoms with van der Waals surface area (Å²) in [5.41, 5.74) is 10.8. The Morgan fingerprint density at radius 3 is 2.05 bits per heavy atom. The number of anilines is 1. The number of thioether (sulfide) groups is 1. The number of nitrogens with zero attached hydrogens (tertiary/aromatic N) is 4. The van der Waals surface area contributed by atoms with Gasteiger partial charge >= 0.3 is 0 Å². The van der Waals surface area contributed by atoms with Gasteiger partial charge in [-0.05, 0) is 29.2 Å². The Morgan fingerprint density at radius 1 is 0.921 bits per heavy atom. The van der Waals surface area contributed by atoms with Gasteiger partial charge in [0, 0.05) is 28.5 Å². The Morgan fingerprint density at radius 2 is 1.50 bits per heavy atom. The summed E-state index contributed by atoms with van der Waals surface area (Å²) < 4.78 is 1.76. The number of carbonyl (C=O) groups excluding carboxylic acids is 1. The first-order chi connectivity index (χ1) is 18.4. The van der Waals surface area contributed by atoms with Crippen LogP contribution in [0.2, 0.25) is 0 Å². The number of hydrogen-bond donors (Lipinski definition) is 1. The predicted molar refractivity (Wildman–Crippen MR) is 153 cm³/mol. The second-order valence-electron chi connectivity index (χ2n) is 9.29. The van der Waals surface area contributed by atoms with Gasteiger partial charge in [0.05, 0.1) is 16.6 Å². The largest absolute Gasteiger partial charge is 0.383 e. The summed E-state index contributed by atoms with van der Waals surface area (Å²) in [5.74, 6) is 0.791. The van der Waals surface area contributed by atoms with E-state index in [9.17, 15) is 15.3 Å². The number of hydrogen-bond acceptors (Lipinski definition) is 6. The van der Waals surface area contributed by atoms with Gasteiger partial charge in [-0.15, -0.1) is 11.8 Å². The molecule has 2 N–H and O–H groups in total. The molecule has 0 aliphatic carbocycles. The van der Waals surface area contributed by atoms with E-state index in [4.69, 9.17) is 5.73 Å². The maximum absolute atomic E-state index is 13.4. The molecular weight excluding hydrogens is 490 g/mol. The number of nitriles is 2. The molecule has 186 valence electrons. The summed E-state index contributed by atoms with van der Waals surface area (Å²) in [7, 11) is 0. The molecule has 0 aliphatic rings. The van der Waals surface area contributed by atoms with Crippen LogP contribution in [0.4, 0.5) is 5.82 Å². The number of rotatable bonds is 6. The van der Waals surface area contributed by atoms with Gasteiger partial charge in [0.1, 0.15) is 28.5 Å². The minimum absolute atomic E-state index is 0.0421. The van der Waals surface area contributed by atoms with Crippen LogP contribution in [-0.2, 0) is 0 Å². The highest BCUT2D eigenvalue weighted by Gasteiger charge is 2.21. The molecular formula is C31H25N5OS. The van der Waals surface area contributed by atoms with Crippen LogP contribution in [0, 0.1) is 22.7 Å². The van der Waals surface area contributed by atoms with Crippen molar-refractivity contribution in [2.45, 2.75) is 31.2 Å². The SMILES string of the molecule is CC(C)c1ccc(-c2c(C#N)c(N)nc(SCCC(=O)n3c4ccccc4c4ccccc43)c2C#N)cc1. The van der Waals surface area contributed by atoms with Gasteiger partial charge in [0.2, 0.25) is 5.91 Å². The quantitative estimate of drug-likeness (QED) is 0.241. The van der Waals surface area contributed by atoms with E-state index in [1.165, 1.54) is 11.8 Å². The first-order valence-electron chi connectivity index (χ1n) is 12.3. The standard InChI is InChI=1S/C31H25N5OS/c1-19(2)20-11-13-21(14-12-20)29-24(17-32)30(34)35-31(25(29)18-33)38-16-15-28(37)36-26-9-5-3-7-22(26)23-8-4-6-10-27(23)36/h3-14,19H,15-16H2,1-2H3,(H2,34,35). The van der Waals surface area contributed by atoms with Crippen molar-refractivity contribution < 1.29 is 4.79 Å². The van der Waals surface area contributed by atoms with Crippen molar-refractivity contribution in [3.05, 3.63) is 89.5 Å². The van der Waals surface area contributed by atoms with Gasteiger partial charge in [-0.2, -0.15) is 10.5 Å². The lowest BCUT2D eigenvalue weighted by molar-refractivity contribution is 0.0920. The Kier molecular flexibility index (Phi) is 6.87. The number of fused-ring (bicyclic) bond motifs is 3. The van der Waals surface area contributed by atoms with Crippen LogP contribution in [-0.4, -0.2) is 21.2 Å². The molecule has 0 fully saturated rings. The van der Waals surface area contributed by atoms with Crippen LogP contribution in [0.1, 0.15) is 47.7 Å². The molecule has 0 radical (unpaired) electrons. The molecule has 0 bridgehead atoms. The van der Waals surface area contributed by atoms with E-state index < -0.39 is 0 Å². The molecule has 0 atom stereocenters. The molecule has 7 heteroatoms. The van der Waals surface area contributed by atoms with Crippen LogP contribution in [0.15, 0.2) is 77.8 Å². The Labute approximate surface area is 225 Å². The number of carbonyl (C=O) groups is 1. The Balaban J connectivity index is 1.46. The third-order valence-corrected chi connectivity index (χ3v) is 7.64. The summed E-state index contributed by atoms with van der Waals surface area (Å²) in [6.45, 7) is 4.21. The van der Waals surface area contributed by atoms with Gasteiger partial charge in [-0.25, -0.2) is 4.98 Å². The summed E-state index contributed by atoms with van der Waals surface area (Å²) >= 11 is 1.30. The average molecular weight is 516 g/mol. The monoisotopic (exact) mass is 515 g/mol. The van der Waals surface area contributed by atoms with Gasteiger partial charge in [-0.3, -0.25) is 9.36 Å². The lowest BCUT2D eigenvalue weighted by atomic mass is 9.94. The molecule has 38 heavy (non-hydrogen) atoms. The molecule has 3 aromatic carbocycles. The topological polar surface area (TPSA) is 108 Å². The number of benzene rings is 3. The number of para-hydroxylation sites is 2. The first-order valence-corrected chi connectivity index (χ1v) is 13.3. The highest BCUT2D eigenvalue weighted by atomic mass is 32.2. The minimum Gasteiger partial charge on any atom is -0.383 e. The molecule has 2 aromatic heterocycles. The second kappa shape index (κ2) is 10.4. The zero-order chi connectivity index (χ0) is 26.8. The van der Waals surface area contributed by atoms with E-state index in [-0.39, 0.29) is 23.7 Å². The number of nitrogen functional groups attached to an aromatic ring is 1. The molecule has 0 aliphatic heterocycles. The number of pyridine rings is 1. The van der Waals surface area contributed by atoms with Crippen molar-refractivity contribution >= 4 is 45.3 Å². The average Bonchev–Trinajstić information content (AvgIpc) is 3.27. The van der Waals surface area contributed by atoms with Crippen LogP contribution in [0.3, 0.4) is 0 Å². The lowest BCUT2D eigenvalue weighted by Gasteiger charge is -2.14.